The van der Waals surface area contributed by atoms with Gasteiger partial charge in [0.05, 0.1) is 24.4 Å². The van der Waals surface area contributed by atoms with Gasteiger partial charge >= 0.3 is 6.03 Å². The molecule has 2 amide bonds. The summed E-state index contributed by atoms with van der Waals surface area (Å²) in [6.07, 6.45) is 1.73. The van der Waals surface area contributed by atoms with Gasteiger partial charge in [0, 0.05) is 20.4 Å². The fourth-order valence-corrected chi connectivity index (χ4v) is 1.60. The lowest BCUT2D eigenvalue weighted by atomic mass is 10.2. The number of aromatic nitrogens is 1. The van der Waals surface area contributed by atoms with E-state index in [0.717, 1.165) is 5.69 Å². The molecule has 1 aromatic heterocycles. The number of methoxy groups -OCH3 is 1. The second kappa shape index (κ2) is 6.96. The van der Waals surface area contributed by atoms with Gasteiger partial charge in [-0.25, -0.2) is 4.79 Å². The van der Waals surface area contributed by atoms with Gasteiger partial charge in [-0.15, -0.1) is 0 Å². The largest absolute Gasteiger partial charge is 0.383 e. The fraction of sp³-hybridized carbons (Fsp3) is 0.538. The first-order chi connectivity index (χ1) is 8.56. The summed E-state index contributed by atoms with van der Waals surface area (Å²) in [5.74, 6) is 0. The Morgan fingerprint density at radius 2 is 2.22 bits per heavy atom. The molecule has 0 saturated heterocycles. The molecule has 5 nitrogen and oxygen atoms in total. The van der Waals surface area contributed by atoms with Crippen molar-refractivity contribution in [3.8, 4) is 0 Å². The van der Waals surface area contributed by atoms with Gasteiger partial charge in [-0.1, -0.05) is 6.07 Å². The van der Waals surface area contributed by atoms with Crippen LogP contribution in [0, 0.1) is 0 Å². The molecule has 0 radical (unpaired) electrons. The Morgan fingerprint density at radius 1 is 1.50 bits per heavy atom. The van der Waals surface area contributed by atoms with E-state index >= 15 is 0 Å². The highest BCUT2D eigenvalue weighted by molar-refractivity contribution is 5.74. The van der Waals surface area contributed by atoms with Crippen molar-refractivity contribution in [2.45, 2.75) is 25.9 Å². The van der Waals surface area contributed by atoms with Crippen LogP contribution in [-0.2, 0) is 4.74 Å². The van der Waals surface area contributed by atoms with Crippen molar-refractivity contribution in [1.82, 2.24) is 15.2 Å². The Kier molecular flexibility index (Phi) is 5.58. The van der Waals surface area contributed by atoms with Gasteiger partial charge < -0.3 is 15.0 Å². The number of pyridine rings is 1. The van der Waals surface area contributed by atoms with Gasteiger partial charge in [0.25, 0.3) is 0 Å². The molecule has 0 saturated carbocycles. The summed E-state index contributed by atoms with van der Waals surface area (Å²) in [5, 5.41) is 2.87. The lowest BCUT2D eigenvalue weighted by molar-refractivity contribution is 0.157. The van der Waals surface area contributed by atoms with E-state index in [1.165, 1.54) is 0 Å². The zero-order valence-electron chi connectivity index (χ0n) is 11.4. The van der Waals surface area contributed by atoms with Crippen molar-refractivity contribution in [2.75, 3.05) is 20.8 Å². The third-order valence-corrected chi connectivity index (χ3v) is 2.80. The standard InChI is InChI=1S/C13H21N3O2/c1-10(9-18-4)15-13(17)16(3)11(2)12-7-5-6-8-14-12/h5-8,10-11H,9H2,1-4H3,(H,15,17). The van der Waals surface area contributed by atoms with Crippen molar-refractivity contribution in [3.63, 3.8) is 0 Å². The molecule has 2 unspecified atom stereocenters. The molecule has 1 N–H and O–H groups in total. The average Bonchev–Trinajstić information content (AvgIpc) is 2.38. The molecule has 0 aliphatic rings. The predicted molar refractivity (Wildman–Crippen MR) is 70.3 cm³/mol. The van der Waals surface area contributed by atoms with E-state index in [2.05, 4.69) is 10.3 Å². The van der Waals surface area contributed by atoms with Crippen molar-refractivity contribution in [2.24, 2.45) is 0 Å². The van der Waals surface area contributed by atoms with Crippen LogP contribution in [0.5, 0.6) is 0 Å². The molecule has 0 aliphatic carbocycles. The maximum atomic E-state index is 12.0. The Balaban J connectivity index is 2.58. The van der Waals surface area contributed by atoms with E-state index in [-0.39, 0.29) is 18.1 Å². The molecule has 1 heterocycles. The molecule has 18 heavy (non-hydrogen) atoms. The molecule has 0 fully saturated rings. The highest BCUT2D eigenvalue weighted by Crippen LogP contribution is 2.15. The van der Waals surface area contributed by atoms with Gasteiger partial charge in [-0.05, 0) is 26.0 Å². The monoisotopic (exact) mass is 251 g/mol. The molecule has 100 valence electrons. The number of nitrogens with one attached hydrogen (secondary N) is 1. The van der Waals surface area contributed by atoms with Crippen LogP contribution in [0.4, 0.5) is 4.79 Å². The van der Waals surface area contributed by atoms with Crippen molar-refractivity contribution in [3.05, 3.63) is 30.1 Å². The molecular weight excluding hydrogens is 230 g/mol. The summed E-state index contributed by atoms with van der Waals surface area (Å²) in [6.45, 7) is 4.35. The van der Waals surface area contributed by atoms with Crippen LogP contribution in [0.2, 0.25) is 0 Å². The highest BCUT2D eigenvalue weighted by atomic mass is 16.5. The third-order valence-electron chi connectivity index (χ3n) is 2.80. The second-order valence-corrected chi connectivity index (χ2v) is 4.35. The van der Waals surface area contributed by atoms with Crippen LogP contribution < -0.4 is 5.32 Å². The normalized spacial score (nSPS) is 13.8. The molecule has 0 aromatic carbocycles. The van der Waals surface area contributed by atoms with Crippen LogP contribution >= 0.6 is 0 Å². The Bertz CT molecular complexity index is 370. The zero-order valence-corrected chi connectivity index (χ0v) is 11.4. The molecule has 1 rings (SSSR count). The van der Waals surface area contributed by atoms with E-state index in [1.807, 2.05) is 32.0 Å². The predicted octanol–water partition coefficient (Wildman–Crippen LogP) is 1.82. The quantitative estimate of drug-likeness (QED) is 0.868. The lowest BCUT2D eigenvalue weighted by Crippen LogP contribution is -2.44. The lowest BCUT2D eigenvalue weighted by Gasteiger charge is -2.26. The minimum Gasteiger partial charge on any atom is -0.383 e. The Morgan fingerprint density at radius 3 is 2.78 bits per heavy atom. The first-order valence-electron chi connectivity index (χ1n) is 5.99. The number of amides is 2. The number of carbonyl (C=O) groups excluding carboxylic acids is 1. The van der Waals surface area contributed by atoms with Crippen LogP contribution in [0.3, 0.4) is 0 Å². The smallest absolute Gasteiger partial charge is 0.317 e. The molecule has 5 heteroatoms. The number of urea groups is 1. The van der Waals surface area contributed by atoms with E-state index in [4.69, 9.17) is 4.74 Å². The van der Waals surface area contributed by atoms with Gasteiger partial charge in [0.1, 0.15) is 0 Å². The average molecular weight is 251 g/mol. The molecule has 2 atom stereocenters. The summed E-state index contributed by atoms with van der Waals surface area (Å²) in [7, 11) is 3.37. The summed E-state index contributed by atoms with van der Waals surface area (Å²) in [5.41, 5.74) is 0.870. The van der Waals surface area contributed by atoms with E-state index in [0.29, 0.717) is 6.61 Å². The van der Waals surface area contributed by atoms with Crippen molar-refractivity contribution >= 4 is 6.03 Å². The summed E-state index contributed by atoms with van der Waals surface area (Å²) in [4.78, 5) is 17.9. The molecular formula is C13H21N3O2. The summed E-state index contributed by atoms with van der Waals surface area (Å²) >= 11 is 0. The van der Waals surface area contributed by atoms with Gasteiger partial charge in [-0.3, -0.25) is 4.98 Å². The molecule has 0 aliphatic heterocycles. The number of hydrogen-bond acceptors (Lipinski definition) is 3. The number of ether oxygens (including phenoxy) is 1. The highest BCUT2D eigenvalue weighted by Gasteiger charge is 2.19. The number of carbonyl (C=O) groups is 1. The minimum absolute atomic E-state index is 0.0131. The number of nitrogens with zero attached hydrogens (tertiary/aromatic N) is 2. The van der Waals surface area contributed by atoms with Gasteiger partial charge in [0.2, 0.25) is 0 Å². The van der Waals surface area contributed by atoms with Crippen molar-refractivity contribution in [1.29, 1.82) is 0 Å². The topological polar surface area (TPSA) is 54.5 Å². The minimum atomic E-state index is -0.127. The molecule has 0 spiro atoms. The van der Waals surface area contributed by atoms with Crippen molar-refractivity contribution < 1.29 is 9.53 Å². The SMILES string of the molecule is COCC(C)NC(=O)N(C)C(C)c1ccccn1. The first kappa shape index (κ1) is 14.4. The second-order valence-electron chi connectivity index (χ2n) is 4.35. The van der Waals surface area contributed by atoms with Crippen LogP contribution in [0.1, 0.15) is 25.6 Å². The molecule has 0 bridgehead atoms. The van der Waals surface area contributed by atoms with Gasteiger partial charge in [-0.2, -0.15) is 0 Å². The van der Waals surface area contributed by atoms with Crippen LogP contribution in [0.25, 0.3) is 0 Å². The summed E-state index contributed by atoms with van der Waals surface area (Å²) in [6, 6.07) is 5.47. The van der Waals surface area contributed by atoms with Crippen LogP contribution in [0.15, 0.2) is 24.4 Å². The zero-order chi connectivity index (χ0) is 13.5. The van der Waals surface area contributed by atoms with Crippen LogP contribution in [-0.4, -0.2) is 42.7 Å². The molecule has 1 aromatic rings. The maximum absolute atomic E-state index is 12.0. The van der Waals surface area contributed by atoms with Gasteiger partial charge in [0.15, 0.2) is 0 Å². The number of hydrogen-bond donors (Lipinski definition) is 1. The van der Waals surface area contributed by atoms with E-state index in [9.17, 15) is 4.79 Å². The third kappa shape index (κ3) is 4.00. The summed E-state index contributed by atoms with van der Waals surface area (Å²) < 4.78 is 4.98. The fourth-order valence-electron chi connectivity index (χ4n) is 1.60. The number of rotatable bonds is 5. The Labute approximate surface area is 108 Å². The van der Waals surface area contributed by atoms with E-state index < -0.39 is 0 Å². The van der Waals surface area contributed by atoms with E-state index in [1.54, 1.807) is 25.3 Å². The first-order valence-corrected chi connectivity index (χ1v) is 5.99. The maximum Gasteiger partial charge on any atom is 0.317 e. The Hall–Kier alpha value is -1.62.